The SMILES string of the molecule is CCCCCCCC/C=C/CCCCCCCC(=O)NC(C)COC. The summed E-state index contributed by atoms with van der Waals surface area (Å²) in [5.74, 6) is 0.155. The molecule has 0 saturated carbocycles. The Morgan fingerprint density at radius 2 is 1.40 bits per heavy atom. The molecule has 0 rings (SSSR count). The minimum absolute atomic E-state index is 0.112. The van der Waals surface area contributed by atoms with Gasteiger partial charge in [-0.1, -0.05) is 70.4 Å². The van der Waals surface area contributed by atoms with E-state index < -0.39 is 0 Å². The molecule has 1 amide bonds. The molecule has 3 heteroatoms. The van der Waals surface area contributed by atoms with E-state index in [-0.39, 0.29) is 11.9 Å². The summed E-state index contributed by atoms with van der Waals surface area (Å²) in [5, 5.41) is 2.96. The minimum atomic E-state index is 0.112. The van der Waals surface area contributed by atoms with E-state index in [9.17, 15) is 4.79 Å². The lowest BCUT2D eigenvalue weighted by Crippen LogP contribution is -2.35. The Morgan fingerprint density at radius 3 is 1.96 bits per heavy atom. The number of amides is 1. The van der Waals surface area contributed by atoms with Gasteiger partial charge in [-0.25, -0.2) is 0 Å². The van der Waals surface area contributed by atoms with Gasteiger partial charge < -0.3 is 10.1 Å². The van der Waals surface area contributed by atoms with Crippen molar-refractivity contribution in [2.75, 3.05) is 13.7 Å². The van der Waals surface area contributed by atoms with Crippen LogP contribution in [0.2, 0.25) is 0 Å². The second-order valence-electron chi connectivity index (χ2n) is 7.26. The standard InChI is InChI=1S/C22H43NO2/c1-4-5-6-7-8-9-10-11-12-13-14-15-16-17-18-19-22(24)23-21(2)20-25-3/h11-12,21H,4-10,13-20H2,1-3H3,(H,23,24)/b12-11+. The first-order valence-electron chi connectivity index (χ1n) is 10.6. The quantitative estimate of drug-likeness (QED) is 0.236. The monoisotopic (exact) mass is 353 g/mol. The molecule has 1 unspecified atom stereocenters. The first-order chi connectivity index (χ1) is 12.2. The van der Waals surface area contributed by atoms with E-state index >= 15 is 0 Å². The van der Waals surface area contributed by atoms with Gasteiger partial charge in [0, 0.05) is 19.6 Å². The molecule has 0 spiro atoms. The van der Waals surface area contributed by atoms with Gasteiger partial charge in [-0.15, -0.1) is 0 Å². The maximum atomic E-state index is 11.7. The van der Waals surface area contributed by atoms with Gasteiger partial charge in [0.25, 0.3) is 0 Å². The number of carbonyl (C=O) groups is 1. The van der Waals surface area contributed by atoms with E-state index in [1.807, 2.05) is 6.92 Å². The van der Waals surface area contributed by atoms with E-state index in [1.54, 1.807) is 7.11 Å². The van der Waals surface area contributed by atoms with Crippen LogP contribution < -0.4 is 5.32 Å². The van der Waals surface area contributed by atoms with Crippen molar-refractivity contribution < 1.29 is 9.53 Å². The lowest BCUT2D eigenvalue weighted by atomic mass is 10.1. The smallest absolute Gasteiger partial charge is 0.220 e. The number of hydrogen-bond acceptors (Lipinski definition) is 2. The first kappa shape index (κ1) is 24.2. The van der Waals surface area contributed by atoms with Crippen LogP contribution in [0.15, 0.2) is 12.2 Å². The van der Waals surface area contributed by atoms with Gasteiger partial charge in [0.15, 0.2) is 0 Å². The molecule has 0 aliphatic carbocycles. The Balaban J connectivity index is 3.25. The maximum Gasteiger partial charge on any atom is 0.220 e. The summed E-state index contributed by atoms with van der Waals surface area (Å²) < 4.78 is 5.02. The highest BCUT2D eigenvalue weighted by atomic mass is 16.5. The highest BCUT2D eigenvalue weighted by Gasteiger charge is 2.06. The van der Waals surface area contributed by atoms with Crippen molar-refractivity contribution >= 4 is 5.91 Å². The van der Waals surface area contributed by atoms with E-state index in [0.29, 0.717) is 13.0 Å². The van der Waals surface area contributed by atoms with Gasteiger partial charge in [0.05, 0.1) is 6.61 Å². The van der Waals surface area contributed by atoms with Crippen molar-refractivity contribution in [1.29, 1.82) is 0 Å². The van der Waals surface area contributed by atoms with Crippen molar-refractivity contribution in [2.45, 2.75) is 110 Å². The number of allylic oxidation sites excluding steroid dienone is 2. The fourth-order valence-corrected chi connectivity index (χ4v) is 2.99. The summed E-state index contributed by atoms with van der Waals surface area (Å²) >= 11 is 0. The molecule has 0 aliphatic heterocycles. The summed E-state index contributed by atoms with van der Waals surface area (Å²) in [6, 6.07) is 0.112. The Hall–Kier alpha value is -0.830. The van der Waals surface area contributed by atoms with Crippen molar-refractivity contribution in [3.63, 3.8) is 0 Å². The van der Waals surface area contributed by atoms with Gasteiger partial charge >= 0.3 is 0 Å². The molecule has 1 atom stereocenters. The molecule has 0 fully saturated rings. The van der Waals surface area contributed by atoms with Gasteiger partial charge in [-0.3, -0.25) is 4.79 Å². The molecule has 0 heterocycles. The Kier molecular flexibility index (Phi) is 18.8. The van der Waals surface area contributed by atoms with E-state index in [0.717, 1.165) is 12.8 Å². The van der Waals surface area contributed by atoms with Crippen LogP contribution in [0.1, 0.15) is 104 Å². The first-order valence-corrected chi connectivity index (χ1v) is 10.6. The summed E-state index contributed by atoms with van der Waals surface area (Å²) in [6.45, 7) is 4.82. The fourth-order valence-electron chi connectivity index (χ4n) is 2.99. The van der Waals surface area contributed by atoms with Crippen LogP contribution in [0.25, 0.3) is 0 Å². The van der Waals surface area contributed by atoms with Crippen LogP contribution in [0.4, 0.5) is 0 Å². The third kappa shape index (κ3) is 19.3. The molecule has 25 heavy (non-hydrogen) atoms. The number of rotatable bonds is 18. The molecule has 148 valence electrons. The maximum absolute atomic E-state index is 11.7. The van der Waals surface area contributed by atoms with E-state index in [4.69, 9.17) is 4.74 Å². The second kappa shape index (κ2) is 19.5. The summed E-state index contributed by atoms with van der Waals surface area (Å²) in [6.07, 6.45) is 22.1. The Labute approximate surface area is 157 Å². The van der Waals surface area contributed by atoms with Crippen LogP contribution >= 0.6 is 0 Å². The van der Waals surface area contributed by atoms with Gasteiger partial charge in [-0.2, -0.15) is 0 Å². The van der Waals surface area contributed by atoms with Crippen LogP contribution in [0.3, 0.4) is 0 Å². The molecule has 0 aromatic rings. The lowest BCUT2D eigenvalue weighted by Gasteiger charge is -2.12. The normalized spacial score (nSPS) is 12.6. The van der Waals surface area contributed by atoms with Gasteiger partial charge in [-0.05, 0) is 39.0 Å². The summed E-state index contributed by atoms with van der Waals surface area (Å²) in [7, 11) is 1.66. The van der Waals surface area contributed by atoms with Gasteiger partial charge in [0.2, 0.25) is 5.91 Å². The van der Waals surface area contributed by atoms with Crippen LogP contribution in [0, 0.1) is 0 Å². The minimum Gasteiger partial charge on any atom is -0.383 e. The van der Waals surface area contributed by atoms with Crippen molar-refractivity contribution in [1.82, 2.24) is 5.32 Å². The number of nitrogens with one attached hydrogen (secondary N) is 1. The molecular formula is C22H43NO2. The molecule has 0 aromatic carbocycles. The van der Waals surface area contributed by atoms with Crippen LogP contribution in [-0.4, -0.2) is 25.7 Å². The van der Waals surface area contributed by atoms with Crippen LogP contribution in [0.5, 0.6) is 0 Å². The zero-order valence-electron chi connectivity index (χ0n) is 17.2. The molecule has 0 radical (unpaired) electrons. The largest absolute Gasteiger partial charge is 0.383 e. The van der Waals surface area contributed by atoms with Crippen LogP contribution in [-0.2, 0) is 9.53 Å². The summed E-state index contributed by atoms with van der Waals surface area (Å²) in [5.41, 5.74) is 0. The summed E-state index contributed by atoms with van der Waals surface area (Å²) in [4.78, 5) is 11.7. The average molecular weight is 354 g/mol. The zero-order valence-corrected chi connectivity index (χ0v) is 17.2. The number of hydrogen-bond donors (Lipinski definition) is 1. The van der Waals surface area contributed by atoms with E-state index in [2.05, 4.69) is 24.4 Å². The lowest BCUT2D eigenvalue weighted by molar-refractivity contribution is -0.122. The molecule has 0 bridgehead atoms. The predicted molar refractivity (Wildman–Crippen MR) is 109 cm³/mol. The molecule has 3 nitrogen and oxygen atoms in total. The van der Waals surface area contributed by atoms with Crippen molar-refractivity contribution in [3.8, 4) is 0 Å². The predicted octanol–water partition coefficient (Wildman–Crippen LogP) is 6.18. The van der Waals surface area contributed by atoms with E-state index in [1.165, 1.54) is 70.6 Å². The zero-order chi connectivity index (χ0) is 18.6. The molecule has 0 aromatic heterocycles. The number of ether oxygens (including phenoxy) is 1. The number of methoxy groups -OCH3 is 1. The highest BCUT2D eigenvalue weighted by molar-refractivity contribution is 5.76. The number of carbonyl (C=O) groups excluding carboxylic acids is 1. The highest BCUT2D eigenvalue weighted by Crippen LogP contribution is 2.10. The van der Waals surface area contributed by atoms with Crippen molar-refractivity contribution in [3.05, 3.63) is 12.2 Å². The van der Waals surface area contributed by atoms with Gasteiger partial charge in [0.1, 0.15) is 0 Å². The molecule has 1 N–H and O–H groups in total. The average Bonchev–Trinajstić information content (AvgIpc) is 2.58. The second-order valence-corrected chi connectivity index (χ2v) is 7.26. The molecule has 0 saturated heterocycles. The molecule has 0 aliphatic rings. The number of unbranched alkanes of at least 4 members (excludes halogenated alkanes) is 11. The third-order valence-corrected chi connectivity index (χ3v) is 4.49. The van der Waals surface area contributed by atoms with Crippen molar-refractivity contribution in [2.24, 2.45) is 0 Å². The third-order valence-electron chi connectivity index (χ3n) is 4.49. The Bertz CT molecular complexity index is 315. The molecular weight excluding hydrogens is 310 g/mol. The Morgan fingerprint density at radius 1 is 0.880 bits per heavy atom. The topological polar surface area (TPSA) is 38.3 Å². The fraction of sp³-hybridized carbons (Fsp3) is 0.864.